The molecule has 1 unspecified atom stereocenters. The molecule has 2 heterocycles. The summed E-state index contributed by atoms with van der Waals surface area (Å²) in [4.78, 5) is 11.7. The van der Waals surface area contributed by atoms with E-state index in [1.807, 2.05) is 13.0 Å². The number of aryl methyl sites for hydroxylation is 2. The van der Waals surface area contributed by atoms with Crippen LogP contribution >= 0.6 is 0 Å². The van der Waals surface area contributed by atoms with E-state index in [1.165, 1.54) is 16.8 Å². The van der Waals surface area contributed by atoms with Gasteiger partial charge in [0.2, 0.25) is 5.95 Å². The molecular formula is C21H22N4. The van der Waals surface area contributed by atoms with Crippen molar-refractivity contribution in [1.29, 1.82) is 0 Å². The Kier molecular flexibility index (Phi) is 3.88. The first-order chi connectivity index (χ1) is 12.1. The second-order valence-electron chi connectivity index (χ2n) is 6.74. The highest BCUT2D eigenvalue weighted by atomic mass is 15.3. The quantitative estimate of drug-likeness (QED) is 0.740. The van der Waals surface area contributed by atoms with Gasteiger partial charge in [-0.05, 0) is 51.0 Å². The fourth-order valence-electron chi connectivity index (χ4n) is 3.38. The molecule has 126 valence electrons. The molecule has 0 bridgehead atoms. The van der Waals surface area contributed by atoms with Gasteiger partial charge in [0.25, 0.3) is 0 Å². The molecule has 0 saturated heterocycles. The van der Waals surface area contributed by atoms with Crippen LogP contribution in [0.25, 0.3) is 0 Å². The van der Waals surface area contributed by atoms with Crippen LogP contribution in [-0.2, 0) is 6.42 Å². The van der Waals surface area contributed by atoms with Crippen molar-refractivity contribution in [2.45, 2.75) is 33.2 Å². The van der Waals surface area contributed by atoms with E-state index in [2.05, 4.69) is 72.6 Å². The van der Waals surface area contributed by atoms with Gasteiger partial charge in [0.15, 0.2) is 0 Å². The van der Waals surface area contributed by atoms with Gasteiger partial charge in [-0.15, -0.1) is 0 Å². The summed E-state index contributed by atoms with van der Waals surface area (Å²) in [5.41, 5.74) is 5.79. The van der Waals surface area contributed by atoms with Crippen molar-refractivity contribution in [2.75, 3.05) is 10.2 Å². The Morgan fingerprint density at radius 2 is 1.76 bits per heavy atom. The van der Waals surface area contributed by atoms with Crippen molar-refractivity contribution < 1.29 is 0 Å². The molecule has 2 aromatic carbocycles. The van der Waals surface area contributed by atoms with Crippen LogP contribution in [0.5, 0.6) is 0 Å². The van der Waals surface area contributed by atoms with Gasteiger partial charge in [-0.3, -0.25) is 0 Å². The van der Waals surface area contributed by atoms with Crippen molar-refractivity contribution >= 4 is 23.1 Å². The molecule has 3 aromatic rings. The van der Waals surface area contributed by atoms with Crippen LogP contribution in [0.1, 0.15) is 23.7 Å². The van der Waals surface area contributed by atoms with E-state index in [0.717, 1.165) is 29.6 Å². The van der Waals surface area contributed by atoms with Crippen molar-refractivity contribution in [3.05, 3.63) is 71.4 Å². The summed E-state index contributed by atoms with van der Waals surface area (Å²) in [6.07, 6.45) is 1.02. The zero-order valence-corrected chi connectivity index (χ0v) is 14.8. The van der Waals surface area contributed by atoms with Crippen molar-refractivity contribution in [1.82, 2.24) is 9.97 Å². The third-order valence-corrected chi connectivity index (χ3v) is 4.59. The molecule has 0 saturated carbocycles. The molecule has 4 heteroatoms. The van der Waals surface area contributed by atoms with Crippen LogP contribution < -0.4 is 10.2 Å². The summed E-state index contributed by atoms with van der Waals surface area (Å²) in [7, 11) is 0. The molecule has 0 fully saturated rings. The summed E-state index contributed by atoms with van der Waals surface area (Å²) in [6, 6.07) is 19.2. The highest BCUT2D eigenvalue weighted by Crippen LogP contribution is 2.36. The maximum Gasteiger partial charge on any atom is 0.232 e. The van der Waals surface area contributed by atoms with Crippen LogP contribution in [0.2, 0.25) is 0 Å². The summed E-state index contributed by atoms with van der Waals surface area (Å²) in [5.74, 6) is 1.58. The molecule has 4 nitrogen and oxygen atoms in total. The lowest BCUT2D eigenvalue weighted by Gasteiger charge is -2.23. The maximum absolute atomic E-state index is 4.79. The molecule has 4 rings (SSSR count). The average Bonchev–Trinajstić information content (AvgIpc) is 2.92. The largest absolute Gasteiger partial charge is 0.340 e. The van der Waals surface area contributed by atoms with E-state index in [-0.39, 0.29) is 0 Å². The number of nitrogens with zero attached hydrogens (tertiary/aromatic N) is 3. The fraction of sp³-hybridized carbons (Fsp3) is 0.238. The Hall–Kier alpha value is -2.88. The van der Waals surface area contributed by atoms with E-state index in [9.17, 15) is 0 Å². The molecular weight excluding hydrogens is 308 g/mol. The second kappa shape index (κ2) is 6.20. The Morgan fingerprint density at radius 1 is 1.00 bits per heavy atom. The normalized spacial score (nSPS) is 16.0. The van der Waals surface area contributed by atoms with E-state index < -0.39 is 0 Å². The van der Waals surface area contributed by atoms with Gasteiger partial charge in [0, 0.05) is 29.2 Å². The third-order valence-electron chi connectivity index (χ3n) is 4.59. The van der Waals surface area contributed by atoms with Crippen LogP contribution in [0.15, 0.2) is 54.6 Å². The molecule has 0 aliphatic carbocycles. The van der Waals surface area contributed by atoms with Gasteiger partial charge in [0.05, 0.1) is 0 Å². The van der Waals surface area contributed by atoms with Crippen LogP contribution in [0.3, 0.4) is 0 Å². The number of fused-ring (bicyclic) bond motifs is 1. The molecule has 1 aromatic heterocycles. The van der Waals surface area contributed by atoms with Gasteiger partial charge in [0.1, 0.15) is 5.82 Å². The highest BCUT2D eigenvalue weighted by molar-refractivity contribution is 5.68. The number of hydrogen-bond acceptors (Lipinski definition) is 4. The molecule has 0 spiro atoms. The van der Waals surface area contributed by atoms with E-state index >= 15 is 0 Å². The number of hydrogen-bond donors (Lipinski definition) is 1. The Morgan fingerprint density at radius 3 is 2.56 bits per heavy atom. The SMILES string of the molecule is Cc1ccc(Nc2cc(C)nc(N3c4ccccc4CC3C)n2)cc1. The predicted octanol–water partition coefficient (Wildman–Crippen LogP) is 4.92. The summed E-state index contributed by atoms with van der Waals surface area (Å²) >= 11 is 0. The monoisotopic (exact) mass is 330 g/mol. The molecule has 1 aliphatic rings. The second-order valence-corrected chi connectivity index (χ2v) is 6.74. The van der Waals surface area contributed by atoms with Crippen LogP contribution in [0, 0.1) is 13.8 Å². The minimum atomic E-state index is 0.353. The van der Waals surface area contributed by atoms with Gasteiger partial charge < -0.3 is 10.2 Å². The highest BCUT2D eigenvalue weighted by Gasteiger charge is 2.28. The zero-order valence-electron chi connectivity index (χ0n) is 14.8. The fourth-order valence-corrected chi connectivity index (χ4v) is 3.38. The van der Waals surface area contributed by atoms with Gasteiger partial charge >= 0.3 is 0 Å². The molecule has 1 aliphatic heterocycles. The van der Waals surface area contributed by atoms with E-state index in [0.29, 0.717) is 6.04 Å². The topological polar surface area (TPSA) is 41.1 Å². The summed E-state index contributed by atoms with van der Waals surface area (Å²) in [5, 5.41) is 3.40. The lowest BCUT2D eigenvalue weighted by Crippen LogP contribution is -2.26. The number of aromatic nitrogens is 2. The summed E-state index contributed by atoms with van der Waals surface area (Å²) in [6.45, 7) is 6.32. The molecule has 1 atom stereocenters. The van der Waals surface area contributed by atoms with Gasteiger partial charge in [-0.25, -0.2) is 4.98 Å². The van der Waals surface area contributed by atoms with Crippen molar-refractivity contribution in [2.24, 2.45) is 0 Å². The van der Waals surface area contributed by atoms with E-state index in [4.69, 9.17) is 9.97 Å². The van der Waals surface area contributed by atoms with E-state index in [1.54, 1.807) is 0 Å². The van der Waals surface area contributed by atoms with Crippen LogP contribution in [-0.4, -0.2) is 16.0 Å². The lowest BCUT2D eigenvalue weighted by molar-refractivity contribution is 0.738. The smallest absolute Gasteiger partial charge is 0.232 e. The van der Waals surface area contributed by atoms with Gasteiger partial charge in [-0.2, -0.15) is 4.98 Å². The standard InChI is InChI=1S/C21H22N4/c1-14-8-10-18(11-9-14)23-20-12-15(2)22-21(24-20)25-16(3)13-17-6-4-5-7-19(17)25/h4-12,16H,13H2,1-3H3,(H,22,23,24). The Bertz CT molecular complexity index is 902. The maximum atomic E-state index is 4.79. The first kappa shape index (κ1) is 15.6. The average molecular weight is 330 g/mol. The Balaban J connectivity index is 1.69. The molecule has 0 radical (unpaired) electrons. The minimum absolute atomic E-state index is 0.353. The number of anilines is 4. The van der Waals surface area contributed by atoms with Crippen LogP contribution in [0.4, 0.5) is 23.1 Å². The van der Waals surface area contributed by atoms with Crippen molar-refractivity contribution in [3.8, 4) is 0 Å². The Labute approximate surface area is 148 Å². The minimum Gasteiger partial charge on any atom is -0.340 e. The number of rotatable bonds is 3. The summed E-state index contributed by atoms with van der Waals surface area (Å²) < 4.78 is 0. The van der Waals surface area contributed by atoms with Crippen molar-refractivity contribution in [3.63, 3.8) is 0 Å². The van der Waals surface area contributed by atoms with Gasteiger partial charge in [-0.1, -0.05) is 35.9 Å². The number of para-hydroxylation sites is 1. The number of benzene rings is 2. The lowest BCUT2D eigenvalue weighted by atomic mass is 10.1. The third kappa shape index (κ3) is 3.07. The first-order valence-corrected chi connectivity index (χ1v) is 8.67. The molecule has 0 amide bonds. The first-order valence-electron chi connectivity index (χ1n) is 8.67. The molecule has 25 heavy (non-hydrogen) atoms. The zero-order chi connectivity index (χ0) is 17.4. The molecule has 1 N–H and O–H groups in total. The number of nitrogens with one attached hydrogen (secondary N) is 1. The predicted molar refractivity (Wildman–Crippen MR) is 103 cm³/mol.